The summed E-state index contributed by atoms with van der Waals surface area (Å²) >= 11 is 0. The number of aldehydes is 2. The van der Waals surface area contributed by atoms with Gasteiger partial charge in [0.2, 0.25) is 0 Å². The Morgan fingerprint density at radius 2 is 1.29 bits per heavy atom. The molecule has 0 bridgehead atoms. The van der Waals surface area contributed by atoms with Crippen molar-refractivity contribution < 1.29 is 28.7 Å². The molecule has 0 rings (SSSR count). The highest BCUT2D eigenvalue weighted by molar-refractivity contribution is 5.66. The lowest BCUT2D eigenvalue weighted by Gasteiger charge is -1.92. The second kappa shape index (κ2) is 25.7. The Labute approximate surface area is 144 Å². The molecule has 0 spiro atoms. The van der Waals surface area contributed by atoms with Gasteiger partial charge in [0.05, 0.1) is 0 Å². The Balaban J connectivity index is -0.000000291. The number of hydrogen-bond donors (Lipinski definition) is 0. The molecule has 0 aliphatic heterocycles. The number of allylic oxidation sites excluding steroid dienone is 2. The minimum atomic E-state index is -0.309. The number of unbranched alkanes of at least 4 members (excludes halogenated alkanes) is 1. The van der Waals surface area contributed by atoms with E-state index in [1.54, 1.807) is 12.2 Å². The maximum Gasteiger partial charge on any atom is 0.302 e. The van der Waals surface area contributed by atoms with Crippen molar-refractivity contribution >= 4 is 24.5 Å². The second-order valence-corrected chi connectivity index (χ2v) is 4.31. The number of ether oxygens (including phenoxy) is 2. The zero-order valence-corrected chi connectivity index (χ0v) is 15.2. The first-order valence-electron chi connectivity index (χ1n) is 7.90. The maximum atomic E-state index is 10.2. The van der Waals surface area contributed by atoms with E-state index >= 15 is 0 Å². The van der Waals surface area contributed by atoms with Crippen molar-refractivity contribution in [3.8, 4) is 0 Å². The minimum Gasteiger partial charge on any atom is -0.462 e. The molecular weight excluding hydrogens is 312 g/mol. The molecule has 6 nitrogen and oxygen atoms in total. The van der Waals surface area contributed by atoms with Crippen molar-refractivity contribution in [2.75, 3.05) is 13.2 Å². The van der Waals surface area contributed by atoms with E-state index in [9.17, 15) is 19.2 Å². The zero-order valence-electron chi connectivity index (χ0n) is 15.2. The first-order valence-corrected chi connectivity index (χ1v) is 7.90. The van der Waals surface area contributed by atoms with Crippen molar-refractivity contribution in [2.24, 2.45) is 0 Å². The molecule has 0 aliphatic carbocycles. The van der Waals surface area contributed by atoms with Gasteiger partial charge in [-0.05, 0) is 12.8 Å². The summed E-state index contributed by atoms with van der Waals surface area (Å²) in [5.74, 6) is -0.536. The predicted octanol–water partition coefficient (Wildman–Crippen LogP) is 3.20. The summed E-state index contributed by atoms with van der Waals surface area (Å²) in [6.07, 6.45) is 11.8. The Bertz CT molecular complexity index is 372. The SMILES string of the molecule is CC(=O)OC/C=C/CC=O.CC/C=C\COC(C)=O.CCCC=O. The summed E-state index contributed by atoms with van der Waals surface area (Å²) in [6, 6.07) is 0. The van der Waals surface area contributed by atoms with Gasteiger partial charge in [-0.25, -0.2) is 0 Å². The van der Waals surface area contributed by atoms with E-state index in [1.165, 1.54) is 13.8 Å². The van der Waals surface area contributed by atoms with Crippen molar-refractivity contribution in [3.05, 3.63) is 24.3 Å². The topological polar surface area (TPSA) is 86.7 Å². The molecule has 0 aromatic rings. The van der Waals surface area contributed by atoms with Crippen molar-refractivity contribution in [1.29, 1.82) is 0 Å². The van der Waals surface area contributed by atoms with E-state index < -0.39 is 0 Å². The van der Waals surface area contributed by atoms with Crippen LogP contribution >= 0.6 is 0 Å². The number of hydrogen-bond acceptors (Lipinski definition) is 6. The third kappa shape index (κ3) is 42.7. The number of rotatable bonds is 9. The smallest absolute Gasteiger partial charge is 0.302 e. The molecule has 0 radical (unpaired) electrons. The van der Waals surface area contributed by atoms with Crippen LogP contribution in [0.3, 0.4) is 0 Å². The fourth-order valence-corrected chi connectivity index (χ4v) is 0.903. The van der Waals surface area contributed by atoms with E-state index in [0.717, 1.165) is 25.4 Å². The van der Waals surface area contributed by atoms with Crippen molar-refractivity contribution in [1.82, 2.24) is 0 Å². The highest BCUT2D eigenvalue weighted by Gasteiger charge is 1.85. The van der Waals surface area contributed by atoms with Crippen LogP contribution < -0.4 is 0 Å². The summed E-state index contributed by atoms with van der Waals surface area (Å²) in [7, 11) is 0. The summed E-state index contributed by atoms with van der Waals surface area (Å²) in [6.45, 7) is 7.42. The fourth-order valence-electron chi connectivity index (χ4n) is 0.903. The summed E-state index contributed by atoms with van der Waals surface area (Å²) in [5, 5.41) is 0. The van der Waals surface area contributed by atoms with Crippen molar-refractivity contribution in [3.63, 3.8) is 0 Å². The van der Waals surface area contributed by atoms with Crippen LogP contribution in [0, 0.1) is 0 Å². The molecule has 0 N–H and O–H groups in total. The van der Waals surface area contributed by atoms with E-state index in [-0.39, 0.29) is 18.5 Å². The molecule has 0 atom stereocenters. The average molecular weight is 342 g/mol. The van der Waals surface area contributed by atoms with Gasteiger partial charge in [-0.15, -0.1) is 0 Å². The van der Waals surface area contributed by atoms with Gasteiger partial charge in [0.25, 0.3) is 0 Å². The van der Waals surface area contributed by atoms with Gasteiger partial charge >= 0.3 is 11.9 Å². The minimum absolute atomic E-state index is 0.226. The highest BCUT2D eigenvalue weighted by atomic mass is 16.5. The third-order valence-corrected chi connectivity index (χ3v) is 1.97. The summed E-state index contributed by atoms with van der Waals surface area (Å²) in [4.78, 5) is 39.4. The molecule has 138 valence electrons. The van der Waals surface area contributed by atoms with Crippen LogP contribution in [0.15, 0.2) is 24.3 Å². The first-order chi connectivity index (χ1) is 11.5. The van der Waals surface area contributed by atoms with Gasteiger partial charge in [-0.3, -0.25) is 9.59 Å². The molecule has 0 heterocycles. The standard InChI is InChI=1S/C7H10O3.C7H12O2.C4H8O/c1-7(9)10-6-4-2-3-5-8;1-3-4-5-6-9-7(2)8;1-2-3-4-5/h2,4-5H,3,6H2,1H3;4-5H,3,6H2,1-2H3;4H,2-3H2,1H3/b4-2+;5-4-;. The molecule has 24 heavy (non-hydrogen) atoms. The Kier molecular flexibility index (Phi) is 28.5. The monoisotopic (exact) mass is 342 g/mol. The lowest BCUT2D eigenvalue weighted by molar-refractivity contribution is -0.140. The third-order valence-electron chi connectivity index (χ3n) is 1.97. The van der Waals surface area contributed by atoms with Crippen LogP contribution in [-0.2, 0) is 28.7 Å². The van der Waals surface area contributed by atoms with Gasteiger partial charge in [-0.1, -0.05) is 38.2 Å². The van der Waals surface area contributed by atoms with Crippen LogP contribution in [0.1, 0.15) is 53.4 Å². The van der Waals surface area contributed by atoms with Crippen LogP contribution in [0.5, 0.6) is 0 Å². The van der Waals surface area contributed by atoms with Crippen LogP contribution in [0.25, 0.3) is 0 Å². The largest absolute Gasteiger partial charge is 0.462 e. The Hall–Kier alpha value is -2.24. The molecule has 0 saturated carbocycles. The lowest BCUT2D eigenvalue weighted by atomic mass is 10.4. The van der Waals surface area contributed by atoms with Crippen LogP contribution in [0.4, 0.5) is 0 Å². The van der Waals surface area contributed by atoms with Gasteiger partial charge in [0.15, 0.2) is 0 Å². The number of esters is 2. The summed E-state index contributed by atoms with van der Waals surface area (Å²) in [5.41, 5.74) is 0. The van der Waals surface area contributed by atoms with Crippen LogP contribution in [0.2, 0.25) is 0 Å². The summed E-state index contributed by atoms with van der Waals surface area (Å²) < 4.78 is 9.16. The molecule has 0 amide bonds. The van der Waals surface area contributed by atoms with E-state index in [2.05, 4.69) is 9.47 Å². The predicted molar refractivity (Wildman–Crippen MR) is 93.5 cm³/mol. The Morgan fingerprint density at radius 3 is 1.58 bits per heavy atom. The van der Waals surface area contributed by atoms with Gasteiger partial charge in [0.1, 0.15) is 25.8 Å². The average Bonchev–Trinajstić information content (AvgIpc) is 2.53. The number of carbonyl (C=O) groups is 4. The molecular formula is C18H30O6. The van der Waals surface area contributed by atoms with Gasteiger partial charge < -0.3 is 19.1 Å². The maximum absolute atomic E-state index is 10.2. The van der Waals surface area contributed by atoms with E-state index in [1.807, 2.05) is 26.0 Å². The molecule has 6 heteroatoms. The second-order valence-electron chi connectivity index (χ2n) is 4.31. The molecule has 0 saturated heterocycles. The first kappa shape index (κ1) is 26.6. The lowest BCUT2D eigenvalue weighted by Crippen LogP contribution is -1.97. The zero-order chi connectivity index (χ0) is 19.1. The normalized spacial score (nSPS) is 9.33. The molecule has 0 aromatic heterocycles. The van der Waals surface area contributed by atoms with Crippen LogP contribution in [-0.4, -0.2) is 37.7 Å². The highest BCUT2D eigenvalue weighted by Crippen LogP contribution is 1.82. The molecule has 0 unspecified atom stereocenters. The van der Waals surface area contributed by atoms with E-state index in [4.69, 9.17) is 0 Å². The quantitative estimate of drug-likeness (QED) is 0.363. The fraction of sp³-hybridized carbons (Fsp3) is 0.556. The molecule has 0 fully saturated rings. The molecule has 0 aromatic carbocycles. The van der Waals surface area contributed by atoms with Crippen molar-refractivity contribution in [2.45, 2.75) is 53.4 Å². The van der Waals surface area contributed by atoms with E-state index in [0.29, 0.717) is 19.4 Å². The number of carbonyl (C=O) groups excluding carboxylic acids is 4. The van der Waals surface area contributed by atoms with Gasteiger partial charge in [0, 0.05) is 26.7 Å². The Morgan fingerprint density at radius 1 is 0.792 bits per heavy atom. The van der Waals surface area contributed by atoms with Gasteiger partial charge in [-0.2, -0.15) is 0 Å². The molecule has 0 aliphatic rings.